The molecule has 0 bridgehead atoms. The van der Waals surface area contributed by atoms with Crippen LogP contribution in [0, 0.1) is 6.92 Å². The fourth-order valence-electron chi connectivity index (χ4n) is 3.85. The highest BCUT2D eigenvalue weighted by atomic mass is 16.2. The van der Waals surface area contributed by atoms with E-state index in [1.807, 2.05) is 17.9 Å². The van der Waals surface area contributed by atoms with Crippen LogP contribution in [-0.2, 0) is 6.42 Å². The minimum Gasteiger partial charge on any atom is -0.326 e. The van der Waals surface area contributed by atoms with Gasteiger partial charge in [0.05, 0.1) is 6.04 Å². The third-order valence-corrected chi connectivity index (χ3v) is 5.23. The molecule has 25 heavy (non-hydrogen) atoms. The quantitative estimate of drug-likeness (QED) is 0.739. The molecule has 0 N–H and O–H groups in total. The van der Waals surface area contributed by atoms with Gasteiger partial charge in [0.2, 0.25) is 5.82 Å². The van der Waals surface area contributed by atoms with E-state index in [-0.39, 0.29) is 17.8 Å². The molecule has 126 valence electrons. The largest absolute Gasteiger partial charge is 0.326 e. The SMILES string of the molecule is Cc1ccnc2nc(C(=O)N(C3CC3)C3CCc4ccccc43)nn12. The Morgan fingerprint density at radius 3 is 2.84 bits per heavy atom. The van der Waals surface area contributed by atoms with Crippen molar-refractivity contribution in [2.75, 3.05) is 0 Å². The van der Waals surface area contributed by atoms with Crippen molar-refractivity contribution in [1.82, 2.24) is 24.5 Å². The highest BCUT2D eigenvalue weighted by Gasteiger charge is 2.41. The van der Waals surface area contributed by atoms with Gasteiger partial charge in [-0.25, -0.2) is 9.50 Å². The summed E-state index contributed by atoms with van der Waals surface area (Å²) in [6.45, 7) is 1.93. The van der Waals surface area contributed by atoms with Crippen molar-refractivity contribution in [3.63, 3.8) is 0 Å². The predicted octanol–water partition coefficient (Wildman–Crippen LogP) is 2.72. The van der Waals surface area contributed by atoms with E-state index in [0.717, 1.165) is 31.4 Å². The highest BCUT2D eigenvalue weighted by molar-refractivity contribution is 5.91. The molecule has 1 fully saturated rings. The smallest absolute Gasteiger partial charge is 0.294 e. The first kappa shape index (κ1) is 14.6. The molecule has 2 aliphatic rings. The number of nitrogens with zero attached hydrogens (tertiary/aromatic N) is 5. The van der Waals surface area contributed by atoms with E-state index in [1.165, 1.54) is 11.1 Å². The van der Waals surface area contributed by atoms with Gasteiger partial charge in [-0.1, -0.05) is 24.3 Å². The second-order valence-electron chi connectivity index (χ2n) is 6.93. The molecule has 1 amide bonds. The Bertz CT molecular complexity index is 975. The number of benzene rings is 1. The van der Waals surface area contributed by atoms with Crippen molar-refractivity contribution < 1.29 is 4.79 Å². The molecule has 6 nitrogen and oxygen atoms in total. The van der Waals surface area contributed by atoms with Gasteiger partial charge in [-0.05, 0) is 49.8 Å². The molecular weight excluding hydrogens is 314 g/mol. The van der Waals surface area contributed by atoms with E-state index in [4.69, 9.17) is 0 Å². The molecule has 3 aromatic rings. The van der Waals surface area contributed by atoms with Gasteiger partial charge in [-0.15, -0.1) is 5.10 Å². The third kappa shape index (κ3) is 2.32. The van der Waals surface area contributed by atoms with Crippen molar-refractivity contribution in [1.29, 1.82) is 0 Å². The van der Waals surface area contributed by atoms with Crippen LogP contribution in [0.1, 0.15) is 52.7 Å². The molecular formula is C19H19N5O. The minimum atomic E-state index is -0.0749. The van der Waals surface area contributed by atoms with Gasteiger partial charge in [0.25, 0.3) is 11.7 Å². The van der Waals surface area contributed by atoms with Gasteiger partial charge in [0.1, 0.15) is 0 Å². The summed E-state index contributed by atoms with van der Waals surface area (Å²) in [6.07, 6.45) is 5.83. The van der Waals surface area contributed by atoms with Gasteiger partial charge in [-0.3, -0.25) is 4.79 Å². The molecule has 0 saturated heterocycles. The van der Waals surface area contributed by atoms with Crippen LogP contribution >= 0.6 is 0 Å². The lowest BCUT2D eigenvalue weighted by molar-refractivity contribution is 0.0645. The molecule has 1 atom stereocenters. The van der Waals surface area contributed by atoms with Gasteiger partial charge in [0, 0.05) is 17.9 Å². The molecule has 2 heterocycles. The third-order valence-electron chi connectivity index (χ3n) is 5.23. The lowest BCUT2D eigenvalue weighted by atomic mass is 10.1. The van der Waals surface area contributed by atoms with Crippen molar-refractivity contribution in [2.24, 2.45) is 0 Å². The standard InChI is InChI=1S/C19H19N5O/c1-12-10-11-20-19-21-17(22-24(12)19)18(25)23(14-7-8-14)16-9-6-13-4-2-3-5-15(13)16/h2-5,10-11,14,16H,6-9H2,1H3. The monoisotopic (exact) mass is 333 g/mol. The number of fused-ring (bicyclic) bond motifs is 2. The summed E-state index contributed by atoms with van der Waals surface area (Å²) in [7, 11) is 0. The molecule has 0 spiro atoms. The van der Waals surface area contributed by atoms with Crippen LogP contribution in [0.25, 0.3) is 5.78 Å². The maximum Gasteiger partial charge on any atom is 0.294 e. The summed E-state index contributed by atoms with van der Waals surface area (Å²) in [5, 5.41) is 4.42. The maximum atomic E-state index is 13.3. The summed E-state index contributed by atoms with van der Waals surface area (Å²) in [5.41, 5.74) is 3.55. The Morgan fingerprint density at radius 1 is 1.20 bits per heavy atom. The average molecular weight is 333 g/mol. The summed E-state index contributed by atoms with van der Waals surface area (Å²) in [5.74, 6) is 0.651. The number of carbonyl (C=O) groups excluding carboxylic acids is 1. The Labute approximate surface area is 145 Å². The first-order chi connectivity index (χ1) is 12.2. The zero-order chi connectivity index (χ0) is 17.0. The van der Waals surface area contributed by atoms with Crippen LogP contribution < -0.4 is 0 Å². The molecule has 6 heteroatoms. The van der Waals surface area contributed by atoms with Gasteiger partial charge in [0.15, 0.2) is 0 Å². The molecule has 2 aromatic heterocycles. The first-order valence-electron chi connectivity index (χ1n) is 8.81. The highest BCUT2D eigenvalue weighted by Crippen LogP contribution is 2.42. The number of hydrogen-bond donors (Lipinski definition) is 0. The second-order valence-corrected chi connectivity index (χ2v) is 6.93. The first-order valence-corrected chi connectivity index (χ1v) is 8.81. The van der Waals surface area contributed by atoms with E-state index < -0.39 is 0 Å². The van der Waals surface area contributed by atoms with Crippen LogP contribution in [0.2, 0.25) is 0 Å². The Morgan fingerprint density at radius 2 is 2.04 bits per heavy atom. The Kier molecular flexibility index (Phi) is 3.13. The van der Waals surface area contributed by atoms with Gasteiger partial charge in [-0.2, -0.15) is 4.98 Å². The zero-order valence-electron chi connectivity index (χ0n) is 14.1. The second kappa shape index (κ2) is 5.37. The fraction of sp³-hybridized carbons (Fsp3) is 0.368. The van der Waals surface area contributed by atoms with Crippen LogP contribution in [0.4, 0.5) is 0 Å². The minimum absolute atomic E-state index is 0.0749. The summed E-state index contributed by atoms with van der Waals surface area (Å²) < 4.78 is 1.64. The fourth-order valence-corrected chi connectivity index (χ4v) is 3.85. The van der Waals surface area contributed by atoms with E-state index >= 15 is 0 Å². The van der Waals surface area contributed by atoms with Gasteiger partial charge >= 0.3 is 0 Å². The number of aryl methyl sites for hydroxylation is 2. The lowest BCUT2D eigenvalue weighted by Crippen LogP contribution is -2.36. The lowest BCUT2D eigenvalue weighted by Gasteiger charge is -2.28. The number of hydrogen-bond acceptors (Lipinski definition) is 4. The van der Waals surface area contributed by atoms with E-state index in [0.29, 0.717) is 11.8 Å². The van der Waals surface area contributed by atoms with Crippen molar-refractivity contribution in [3.8, 4) is 0 Å². The molecule has 0 radical (unpaired) electrons. The van der Waals surface area contributed by atoms with Crippen LogP contribution in [0.3, 0.4) is 0 Å². The molecule has 1 saturated carbocycles. The van der Waals surface area contributed by atoms with Crippen molar-refractivity contribution in [2.45, 2.75) is 44.7 Å². The van der Waals surface area contributed by atoms with E-state index in [2.05, 4.69) is 39.3 Å². The van der Waals surface area contributed by atoms with Crippen LogP contribution in [-0.4, -0.2) is 36.4 Å². The number of carbonyl (C=O) groups is 1. The molecule has 1 unspecified atom stereocenters. The number of aromatic nitrogens is 4. The molecule has 5 rings (SSSR count). The number of rotatable bonds is 3. The molecule has 1 aromatic carbocycles. The van der Waals surface area contributed by atoms with Crippen molar-refractivity contribution >= 4 is 11.7 Å². The average Bonchev–Trinajstić information content (AvgIpc) is 3.20. The molecule has 0 aliphatic heterocycles. The Balaban J connectivity index is 1.54. The number of amides is 1. The predicted molar refractivity (Wildman–Crippen MR) is 92.2 cm³/mol. The van der Waals surface area contributed by atoms with Crippen LogP contribution in [0.5, 0.6) is 0 Å². The maximum absolute atomic E-state index is 13.3. The van der Waals surface area contributed by atoms with Gasteiger partial charge < -0.3 is 4.90 Å². The van der Waals surface area contributed by atoms with E-state index in [1.54, 1.807) is 10.7 Å². The summed E-state index contributed by atoms with van der Waals surface area (Å²) >= 11 is 0. The normalized spacial score (nSPS) is 19.2. The molecule has 2 aliphatic carbocycles. The Hall–Kier alpha value is -2.76. The van der Waals surface area contributed by atoms with Crippen molar-refractivity contribution in [3.05, 3.63) is 59.2 Å². The summed E-state index contributed by atoms with van der Waals surface area (Å²) in [4.78, 5) is 23.9. The van der Waals surface area contributed by atoms with E-state index in [9.17, 15) is 4.79 Å². The van der Waals surface area contributed by atoms with Crippen LogP contribution in [0.15, 0.2) is 36.5 Å². The summed E-state index contributed by atoms with van der Waals surface area (Å²) in [6, 6.07) is 10.8. The topological polar surface area (TPSA) is 63.4 Å². The zero-order valence-corrected chi connectivity index (χ0v) is 14.1.